The van der Waals surface area contributed by atoms with E-state index in [4.69, 9.17) is 11.6 Å². The van der Waals surface area contributed by atoms with Crippen LogP contribution in [0.3, 0.4) is 0 Å². The van der Waals surface area contributed by atoms with E-state index in [-0.39, 0.29) is 0 Å². The van der Waals surface area contributed by atoms with Gasteiger partial charge in [0.25, 0.3) is 0 Å². The molecule has 76 valence electrons. The van der Waals surface area contributed by atoms with Crippen LogP contribution in [0, 0.1) is 0 Å². The van der Waals surface area contributed by atoms with Crippen LogP contribution in [-0.4, -0.2) is 15.0 Å². The number of pyridine rings is 1. The Morgan fingerprint density at radius 1 is 1.33 bits per heavy atom. The van der Waals surface area contributed by atoms with Gasteiger partial charge >= 0.3 is 0 Å². The second-order valence-corrected chi connectivity index (χ2v) is 4.92. The van der Waals surface area contributed by atoms with Gasteiger partial charge in [0.15, 0.2) is 0 Å². The summed E-state index contributed by atoms with van der Waals surface area (Å²) in [6.45, 7) is 0. The first-order valence-corrected chi connectivity index (χ1v) is 5.99. The van der Waals surface area contributed by atoms with E-state index in [1.54, 1.807) is 18.5 Å². The molecular formula is C9H5BrClN3S. The largest absolute Gasteiger partial charge is 0.247 e. The van der Waals surface area contributed by atoms with Gasteiger partial charge in [0.2, 0.25) is 0 Å². The summed E-state index contributed by atoms with van der Waals surface area (Å²) >= 11 is 10.7. The topological polar surface area (TPSA) is 38.7 Å². The van der Waals surface area contributed by atoms with Gasteiger partial charge in [-0.15, -0.1) is 0 Å². The van der Waals surface area contributed by atoms with E-state index in [1.165, 1.54) is 18.1 Å². The summed E-state index contributed by atoms with van der Waals surface area (Å²) in [5.74, 6) is 0. The van der Waals surface area contributed by atoms with Gasteiger partial charge in [-0.25, -0.2) is 15.0 Å². The summed E-state index contributed by atoms with van der Waals surface area (Å²) in [6.07, 6.45) is 4.88. The summed E-state index contributed by atoms with van der Waals surface area (Å²) in [6, 6.07) is 3.61. The Kier molecular flexibility index (Phi) is 3.56. The molecule has 0 fully saturated rings. The number of rotatable bonds is 2. The van der Waals surface area contributed by atoms with Crippen LogP contribution >= 0.6 is 39.3 Å². The lowest BCUT2D eigenvalue weighted by molar-refractivity contribution is 1.03. The maximum absolute atomic E-state index is 6.02. The molecule has 0 N–H and O–H groups in total. The molecule has 0 aromatic carbocycles. The monoisotopic (exact) mass is 301 g/mol. The minimum absolute atomic E-state index is 0.605. The van der Waals surface area contributed by atoms with Crippen LogP contribution in [0.25, 0.3) is 0 Å². The van der Waals surface area contributed by atoms with Crippen LogP contribution in [0.15, 0.2) is 45.4 Å². The standard InChI is InChI=1S/C9H5BrClN3S/c10-6-3-7(11)9(13-4-6)15-8-1-2-12-5-14-8/h1-5H. The third-order valence-electron chi connectivity index (χ3n) is 1.53. The lowest BCUT2D eigenvalue weighted by atomic mass is 10.5. The van der Waals surface area contributed by atoms with Crippen LogP contribution < -0.4 is 0 Å². The minimum Gasteiger partial charge on any atom is -0.247 e. The SMILES string of the molecule is Clc1cc(Br)cnc1Sc1ccncn1. The molecule has 0 saturated carbocycles. The van der Waals surface area contributed by atoms with Crippen molar-refractivity contribution < 1.29 is 0 Å². The quantitative estimate of drug-likeness (QED) is 0.797. The second kappa shape index (κ2) is 4.92. The van der Waals surface area contributed by atoms with Gasteiger partial charge in [-0.1, -0.05) is 11.6 Å². The van der Waals surface area contributed by atoms with Gasteiger partial charge in [-0.05, 0) is 39.8 Å². The predicted octanol–water partition coefficient (Wildman–Crippen LogP) is 3.44. The first-order valence-electron chi connectivity index (χ1n) is 4.00. The Bertz CT molecular complexity index is 466. The Labute approximate surface area is 104 Å². The average Bonchev–Trinajstić information content (AvgIpc) is 2.24. The van der Waals surface area contributed by atoms with Crippen LogP contribution in [0.5, 0.6) is 0 Å². The van der Waals surface area contributed by atoms with Crippen molar-refractivity contribution in [2.24, 2.45) is 0 Å². The molecule has 0 radical (unpaired) electrons. The smallest absolute Gasteiger partial charge is 0.121 e. The van der Waals surface area contributed by atoms with Gasteiger partial charge < -0.3 is 0 Å². The van der Waals surface area contributed by atoms with E-state index in [2.05, 4.69) is 30.9 Å². The van der Waals surface area contributed by atoms with Crippen LogP contribution in [-0.2, 0) is 0 Å². The molecule has 3 nitrogen and oxygen atoms in total. The molecule has 0 saturated heterocycles. The first-order chi connectivity index (χ1) is 7.25. The fourth-order valence-corrected chi connectivity index (χ4v) is 2.35. The van der Waals surface area contributed by atoms with Crippen molar-refractivity contribution in [1.29, 1.82) is 0 Å². The van der Waals surface area contributed by atoms with Gasteiger partial charge in [0.1, 0.15) is 16.4 Å². The molecule has 0 spiro atoms. The highest BCUT2D eigenvalue weighted by Crippen LogP contribution is 2.31. The van der Waals surface area contributed by atoms with Crippen molar-refractivity contribution in [2.45, 2.75) is 10.1 Å². The molecule has 0 aliphatic carbocycles. The van der Waals surface area contributed by atoms with E-state index >= 15 is 0 Å². The minimum atomic E-state index is 0.605. The second-order valence-electron chi connectivity index (χ2n) is 2.59. The maximum atomic E-state index is 6.02. The maximum Gasteiger partial charge on any atom is 0.121 e. The molecule has 2 aromatic heterocycles. The van der Waals surface area contributed by atoms with Crippen molar-refractivity contribution in [3.05, 3.63) is 40.3 Å². The molecule has 0 bridgehead atoms. The molecule has 0 aliphatic heterocycles. The van der Waals surface area contributed by atoms with Crippen molar-refractivity contribution in [3.63, 3.8) is 0 Å². The highest BCUT2D eigenvalue weighted by atomic mass is 79.9. The fourth-order valence-electron chi connectivity index (χ4n) is 0.915. The Hall–Kier alpha value is -0.650. The van der Waals surface area contributed by atoms with E-state index < -0.39 is 0 Å². The lowest BCUT2D eigenvalue weighted by Gasteiger charge is -2.01. The molecule has 2 aromatic rings. The van der Waals surface area contributed by atoms with Crippen LogP contribution in [0.2, 0.25) is 5.02 Å². The summed E-state index contributed by atoms with van der Waals surface area (Å²) in [5, 5.41) is 2.16. The molecule has 2 rings (SSSR count). The van der Waals surface area contributed by atoms with E-state index in [0.29, 0.717) is 5.02 Å². The zero-order valence-corrected chi connectivity index (χ0v) is 10.6. The fraction of sp³-hybridized carbons (Fsp3) is 0. The Morgan fingerprint density at radius 2 is 2.20 bits per heavy atom. The van der Waals surface area contributed by atoms with Crippen LogP contribution in [0.4, 0.5) is 0 Å². The highest BCUT2D eigenvalue weighted by molar-refractivity contribution is 9.10. The van der Waals surface area contributed by atoms with Crippen molar-refractivity contribution in [2.75, 3.05) is 0 Å². The van der Waals surface area contributed by atoms with E-state index in [9.17, 15) is 0 Å². The highest BCUT2D eigenvalue weighted by Gasteiger charge is 2.05. The van der Waals surface area contributed by atoms with E-state index in [0.717, 1.165) is 14.5 Å². The van der Waals surface area contributed by atoms with Gasteiger partial charge in [-0.3, -0.25) is 0 Å². The summed E-state index contributed by atoms with van der Waals surface area (Å²) in [5.41, 5.74) is 0. The van der Waals surface area contributed by atoms with Gasteiger partial charge in [0, 0.05) is 16.9 Å². The van der Waals surface area contributed by atoms with Gasteiger partial charge in [-0.2, -0.15) is 0 Å². The first kappa shape index (κ1) is 10.9. The number of hydrogen-bond donors (Lipinski definition) is 0. The molecular weight excluding hydrogens is 298 g/mol. The van der Waals surface area contributed by atoms with Crippen molar-refractivity contribution in [1.82, 2.24) is 15.0 Å². The zero-order valence-electron chi connectivity index (χ0n) is 7.39. The van der Waals surface area contributed by atoms with Gasteiger partial charge in [0.05, 0.1) is 5.02 Å². The third kappa shape index (κ3) is 2.90. The molecule has 0 unspecified atom stereocenters. The number of hydrogen-bond acceptors (Lipinski definition) is 4. The Morgan fingerprint density at radius 3 is 2.87 bits per heavy atom. The molecule has 0 aliphatic rings. The normalized spacial score (nSPS) is 10.3. The van der Waals surface area contributed by atoms with Crippen LogP contribution in [0.1, 0.15) is 0 Å². The molecule has 15 heavy (non-hydrogen) atoms. The predicted molar refractivity (Wildman–Crippen MR) is 63.1 cm³/mol. The number of nitrogens with zero attached hydrogens (tertiary/aromatic N) is 3. The molecule has 0 amide bonds. The van der Waals surface area contributed by atoms with Crippen molar-refractivity contribution in [3.8, 4) is 0 Å². The molecule has 2 heterocycles. The molecule has 0 atom stereocenters. The zero-order chi connectivity index (χ0) is 10.7. The Balaban J connectivity index is 2.25. The number of aromatic nitrogens is 3. The summed E-state index contributed by atoms with van der Waals surface area (Å²) in [4.78, 5) is 12.1. The lowest BCUT2D eigenvalue weighted by Crippen LogP contribution is -1.84. The van der Waals surface area contributed by atoms with E-state index in [1.807, 2.05) is 6.07 Å². The van der Waals surface area contributed by atoms with Crippen molar-refractivity contribution >= 4 is 39.3 Å². The summed E-state index contributed by atoms with van der Waals surface area (Å²) in [7, 11) is 0. The molecule has 6 heteroatoms. The third-order valence-corrected chi connectivity index (χ3v) is 3.33. The average molecular weight is 303 g/mol. The summed E-state index contributed by atoms with van der Waals surface area (Å²) < 4.78 is 0.861. The number of halogens is 2.